The number of carbonyl (C=O) groups excluding carboxylic acids is 1. The first-order chi connectivity index (χ1) is 16.1. The number of methoxy groups -OCH3 is 1. The van der Waals surface area contributed by atoms with Crippen molar-refractivity contribution < 1.29 is 17.9 Å². The van der Waals surface area contributed by atoms with Gasteiger partial charge in [-0.15, -0.1) is 0 Å². The number of anilines is 1. The summed E-state index contributed by atoms with van der Waals surface area (Å²) in [6.45, 7) is 5.28. The quantitative estimate of drug-likeness (QED) is 0.384. The van der Waals surface area contributed by atoms with E-state index in [1.54, 1.807) is 36.3 Å². The Morgan fingerprint density at radius 2 is 1.74 bits per heavy atom. The molecule has 0 aliphatic heterocycles. The lowest BCUT2D eigenvalue weighted by molar-refractivity contribution is -0.118. The van der Waals surface area contributed by atoms with Crippen molar-refractivity contribution in [2.45, 2.75) is 38.0 Å². The third kappa shape index (κ3) is 6.34. The molecule has 3 rings (SSSR count). The second-order valence-corrected chi connectivity index (χ2v) is 11.8. The van der Waals surface area contributed by atoms with E-state index in [0.717, 1.165) is 34.3 Å². The van der Waals surface area contributed by atoms with Gasteiger partial charge in [0.15, 0.2) is 15.0 Å². The Morgan fingerprint density at radius 1 is 1.03 bits per heavy atom. The van der Waals surface area contributed by atoms with Crippen LogP contribution in [0, 0.1) is 13.8 Å². The number of aryl methyl sites for hydroxylation is 2. The molecule has 2 aromatic carbocycles. The summed E-state index contributed by atoms with van der Waals surface area (Å²) in [6, 6.07) is 10.7. The molecule has 7 nitrogen and oxygen atoms in total. The van der Waals surface area contributed by atoms with Crippen molar-refractivity contribution >= 4 is 42.4 Å². The predicted molar refractivity (Wildman–Crippen MR) is 139 cm³/mol. The molecule has 0 bridgehead atoms. The van der Waals surface area contributed by atoms with Gasteiger partial charge in [0.05, 0.1) is 22.5 Å². The minimum atomic E-state index is -3.43. The minimum absolute atomic E-state index is 0.0693. The van der Waals surface area contributed by atoms with Gasteiger partial charge in [-0.2, -0.15) is 0 Å². The predicted octanol–water partition coefficient (Wildman–Crippen LogP) is 4.46. The number of carbonyl (C=O) groups is 1. The summed E-state index contributed by atoms with van der Waals surface area (Å²) in [5.41, 5.74) is 2.82. The van der Waals surface area contributed by atoms with Crippen LogP contribution in [0.25, 0.3) is 10.2 Å². The maximum atomic E-state index is 13.3. The lowest BCUT2D eigenvalue weighted by Crippen LogP contribution is -2.33. The number of amides is 1. The molecule has 1 amide bonds. The van der Waals surface area contributed by atoms with Crippen LogP contribution in [-0.4, -0.2) is 64.3 Å². The van der Waals surface area contributed by atoms with Crippen LogP contribution in [0.4, 0.5) is 5.13 Å². The average Bonchev–Trinajstić information content (AvgIpc) is 3.23. The molecule has 0 saturated carbocycles. The number of nitrogens with zero attached hydrogens (tertiary/aromatic N) is 3. The molecule has 0 unspecified atom stereocenters. The highest BCUT2D eigenvalue weighted by atomic mass is 32.2. The van der Waals surface area contributed by atoms with Gasteiger partial charge in [-0.3, -0.25) is 9.69 Å². The van der Waals surface area contributed by atoms with E-state index in [1.807, 2.05) is 40.1 Å². The van der Waals surface area contributed by atoms with Crippen molar-refractivity contribution in [3.8, 4) is 5.75 Å². The van der Waals surface area contributed by atoms with Crippen molar-refractivity contribution in [3.63, 3.8) is 0 Å². The van der Waals surface area contributed by atoms with E-state index < -0.39 is 9.84 Å². The van der Waals surface area contributed by atoms with Crippen LogP contribution in [0.1, 0.15) is 30.4 Å². The number of fused-ring (bicyclic) bond motifs is 1. The van der Waals surface area contributed by atoms with Gasteiger partial charge in [-0.05, 0) is 71.1 Å². The summed E-state index contributed by atoms with van der Waals surface area (Å²) in [6.07, 6.45) is 1.18. The number of benzene rings is 2. The minimum Gasteiger partial charge on any atom is -0.494 e. The highest BCUT2D eigenvalue weighted by Gasteiger charge is 2.22. The van der Waals surface area contributed by atoms with E-state index in [0.29, 0.717) is 22.3 Å². The fraction of sp³-hybridized carbons (Fsp3) is 0.440. The highest BCUT2D eigenvalue weighted by Crippen LogP contribution is 2.36. The largest absolute Gasteiger partial charge is 0.494 e. The smallest absolute Gasteiger partial charge is 0.228 e. The van der Waals surface area contributed by atoms with E-state index in [2.05, 4.69) is 4.90 Å². The number of thiazole rings is 1. The van der Waals surface area contributed by atoms with E-state index >= 15 is 0 Å². The average molecular weight is 504 g/mol. The Balaban J connectivity index is 1.77. The molecule has 3 aromatic rings. The molecule has 0 radical (unpaired) electrons. The monoisotopic (exact) mass is 503 g/mol. The zero-order chi connectivity index (χ0) is 24.9. The van der Waals surface area contributed by atoms with E-state index in [1.165, 1.54) is 11.3 Å². The van der Waals surface area contributed by atoms with Gasteiger partial charge in [-0.1, -0.05) is 35.1 Å². The Hall–Kier alpha value is -2.49. The van der Waals surface area contributed by atoms with E-state index in [-0.39, 0.29) is 24.5 Å². The number of ether oxygens (including phenoxy) is 1. The molecule has 1 heterocycles. The number of rotatable bonds is 11. The standard InChI is InChI=1S/C25H33N3O4S2/c1-18-9-12-20(13-10-18)34(30,31)17-6-8-22(29)28(16-7-15-27(3)4)25-26-23-21(32-5)14-11-19(2)24(23)33-25/h9-14H,6-8,15-17H2,1-5H3. The Morgan fingerprint density at radius 3 is 2.38 bits per heavy atom. The van der Waals surface area contributed by atoms with Gasteiger partial charge in [0.1, 0.15) is 11.3 Å². The lowest BCUT2D eigenvalue weighted by atomic mass is 10.2. The molecule has 0 spiro atoms. The molecular formula is C25H33N3O4S2. The first-order valence-electron chi connectivity index (χ1n) is 11.3. The Kier molecular flexibility index (Phi) is 8.67. The molecule has 1 aromatic heterocycles. The number of hydrogen-bond acceptors (Lipinski definition) is 7. The summed E-state index contributed by atoms with van der Waals surface area (Å²) >= 11 is 1.47. The van der Waals surface area contributed by atoms with Crippen LogP contribution >= 0.6 is 11.3 Å². The topological polar surface area (TPSA) is 79.8 Å². The SMILES string of the molecule is COc1ccc(C)c2sc(N(CCCN(C)C)C(=O)CCCS(=O)(=O)c3ccc(C)cc3)nc12. The summed E-state index contributed by atoms with van der Waals surface area (Å²) in [5, 5.41) is 0.618. The van der Waals surface area contributed by atoms with Crippen molar-refractivity contribution in [2.24, 2.45) is 0 Å². The molecule has 0 aliphatic rings. The maximum Gasteiger partial charge on any atom is 0.228 e. The molecule has 0 saturated heterocycles. The summed E-state index contributed by atoms with van der Waals surface area (Å²) < 4.78 is 31.8. The van der Waals surface area contributed by atoms with Crippen LogP contribution in [0.3, 0.4) is 0 Å². The second kappa shape index (κ2) is 11.3. The molecule has 0 atom stereocenters. The van der Waals surface area contributed by atoms with Crippen molar-refractivity contribution in [1.29, 1.82) is 0 Å². The van der Waals surface area contributed by atoms with Gasteiger partial charge in [0, 0.05) is 13.0 Å². The molecule has 0 fully saturated rings. The first kappa shape index (κ1) is 26.1. The number of sulfone groups is 1. The third-order valence-corrected chi connectivity index (χ3v) is 8.65. The summed E-state index contributed by atoms with van der Waals surface area (Å²) in [5.74, 6) is 0.488. The van der Waals surface area contributed by atoms with Gasteiger partial charge in [-0.25, -0.2) is 13.4 Å². The van der Waals surface area contributed by atoms with Crippen LogP contribution in [0.15, 0.2) is 41.3 Å². The van der Waals surface area contributed by atoms with Crippen LogP contribution in [0.2, 0.25) is 0 Å². The molecule has 0 N–H and O–H groups in total. The molecule has 0 aliphatic carbocycles. The molecular weight excluding hydrogens is 470 g/mol. The Labute approximate surface area is 206 Å². The van der Waals surface area contributed by atoms with Gasteiger partial charge >= 0.3 is 0 Å². The van der Waals surface area contributed by atoms with Crippen molar-refractivity contribution in [1.82, 2.24) is 9.88 Å². The van der Waals surface area contributed by atoms with Crippen LogP contribution in [-0.2, 0) is 14.6 Å². The zero-order valence-electron chi connectivity index (χ0n) is 20.5. The normalized spacial score (nSPS) is 11.8. The molecule has 9 heteroatoms. The number of hydrogen-bond donors (Lipinski definition) is 0. The van der Waals surface area contributed by atoms with Crippen molar-refractivity contribution in [2.75, 3.05) is 44.9 Å². The van der Waals surface area contributed by atoms with Crippen molar-refractivity contribution in [3.05, 3.63) is 47.5 Å². The maximum absolute atomic E-state index is 13.3. The van der Waals surface area contributed by atoms with Gasteiger partial charge < -0.3 is 9.64 Å². The third-order valence-electron chi connectivity index (χ3n) is 5.61. The fourth-order valence-electron chi connectivity index (χ4n) is 3.66. The first-order valence-corrected chi connectivity index (χ1v) is 13.8. The van der Waals surface area contributed by atoms with Crippen LogP contribution in [0.5, 0.6) is 5.75 Å². The summed E-state index contributed by atoms with van der Waals surface area (Å²) in [7, 11) is 2.16. The highest BCUT2D eigenvalue weighted by molar-refractivity contribution is 7.91. The number of aromatic nitrogens is 1. The fourth-order valence-corrected chi connectivity index (χ4v) is 6.07. The molecule has 34 heavy (non-hydrogen) atoms. The van der Waals surface area contributed by atoms with Crippen LogP contribution < -0.4 is 9.64 Å². The van der Waals surface area contributed by atoms with Gasteiger partial charge in [0.25, 0.3) is 0 Å². The second-order valence-electron chi connectivity index (χ2n) is 8.70. The molecule has 184 valence electrons. The Bertz CT molecular complexity index is 1240. The van der Waals surface area contributed by atoms with E-state index in [4.69, 9.17) is 9.72 Å². The van der Waals surface area contributed by atoms with Gasteiger partial charge in [0.2, 0.25) is 5.91 Å². The zero-order valence-corrected chi connectivity index (χ0v) is 22.1. The summed E-state index contributed by atoms with van der Waals surface area (Å²) in [4.78, 5) is 22.1. The lowest BCUT2D eigenvalue weighted by Gasteiger charge is -2.21. The van der Waals surface area contributed by atoms with E-state index in [9.17, 15) is 13.2 Å².